The molecule has 0 aromatic heterocycles. The molecule has 3 saturated heterocycles. The number of hydrogen-bond donors (Lipinski definition) is 1. The minimum atomic E-state index is 0.459. The van der Waals surface area contributed by atoms with E-state index in [0.717, 1.165) is 55.3 Å². The molecule has 0 radical (unpaired) electrons. The Morgan fingerprint density at radius 3 is 2.26 bits per heavy atom. The van der Waals surface area contributed by atoms with Crippen LogP contribution in [0.15, 0.2) is 30.3 Å². The summed E-state index contributed by atoms with van der Waals surface area (Å²) in [4.78, 5) is 10.7. The van der Waals surface area contributed by atoms with Gasteiger partial charge in [-0.1, -0.05) is 83.7 Å². The summed E-state index contributed by atoms with van der Waals surface area (Å²) in [6, 6.07) is 13.2. The number of nitrogens with zero attached hydrogens (tertiary/aromatic N) is 4. The van der Waals surface area contributed by atoms with Crippen molar-refractivity contribution in [3.8, 4) is 0 Å². The van der Waals surface area contributed by atoms with E-state index in [9.17, 15) is 0 Å². The first-order valence-electron chi connectivity index (χ1n) is 17.7. The number of hydrogen-bond acceptors (Lipinski definition) is 3. The highest BCUT2D eigenvalue weighted by atomic mass is 32.1. The second kappa shape index (κ2) is 15.7. The quantitative estimate of drug-likeness (QED) is 0.187. The van der Waals surface area contributed by atoms with Crippen LogP contribution in [0.25, 0.3) is 0 Å². The van der Waals surface area contributed by atoms with E-state index in [1.807, 2.05) is 0 Å². The summed E-state index contributed by atoms with van der Waals surface area (Å²) in [6.07, 6.45) is 14.4. The summed E-state index contributed by atoms with van der Waals surface area (Å²) in [7, 11) is 0. The Bertz CT molecular complexity index is 1020. The predicted octanol–water partition coefficient (Wildman–Crippen LogP) is 6.95. The molecule has 4 fully saturated rings. The van der Waals surface area contributed by atoms with E-state index in [1.165, 1.54) is 76.3 Å². The van der Waals surface area contributed by atoms with Gasteiger partial charge in [0.25, 0.3) is 0 Å². The van der Waals surface area contributed by atoms with E-state index in [2.05, 4.69) is 82.9 Å². The van der Waals surface area contributed by atoms with Crippen molar-refractivity contribution in [3.63, 3.8) is 0 Å². The monoisotopic (exact) mass is 625 g/mol. The van der Waals surface area contributed by atoms with Gasteiger partial charge in [0.2, 0.25) is 0 Å². The van der Waals surface area contributed by atoms with Gasteiger partial charge < -0.3 is 20.0 Å². The lowest BCUT2D eigenvalue weighted by molar-refractivity contribution is 0.147. The lowest BCUT2D eigenvalue weighted by atomic mass is 9.98. The zero-order chi connectivity index (χ0) is 30.3. The van der Waals surface area contributed by atoms with E-state index in [4.69, 9.17) is 24.4 Å². The Kier molecular flexibility index (Phi) is 12.0. The van der Waals surface area contributed by atoms with Gasteiger partial charge in [-0.15, -0.1) is 0 Å². The molecule has 0 amide bonds. The third kappa shape index (κ3) is 8.85. The van der Waals surface area contributed by atoms with Crippen LogP contribution in [0.1, 0.15) is 97.5 Å². The molecule has 0 bridgehead atoms. The Morgan fingerprint density at radius 1 is 0.814 bits per heavy atom. The first-order chi connectivity index (χ1) is 20.8. The van der Waals surface area contributed by atoms with E-state index in [-0.39, 0.29) is 0 Å². The van der Waals surface area contributed by atoms with Crippen LogP contribution in [0.2, 0.25) is 0 Å². The number of thiocarbonyl (C=S) groups is 2. The fraction of sp³-hybridized carbons (Fsp3) is 0.778. The molecular weight excluding hydrogens is 567 g/mol. The van der Waals surface area contributed by atoms with Gasteiger partial charge in [0, 0.05) is 50.8 Å². The first-order valence-corrected chi connectivity index (χ1v) is 18.5. The lowest BCUT2D eigenvalue weighted by Gasteiger charge is -2.38. The minimum absolute atomic E-state index is 0.459. The topological polar surface area (TPSA) is 25.0 Å². The molecule has 1 aliphatic carbocycles. The summed E-state index contributed by atoms with van der Waals surface area (Å²) >= 11 is 12.3. The number of likely N-dealkylation sites (tertiary alicyclic amines) is 1. The van der Waals surface area contributed by atoms with Crippen molar-refractivity contribution in [3.05, 3.63) is 35.9 Å². The zero-order valence-electron chi connectivity index (χ0n) is 27.6. The molecule has 43 heavy (non-hydrogen) atoms. The molecule has 7 heteroatoms. The van der Waals surface area contributed by atoms with Gasteiger partial charge in [0.05, 0.1) is 6.04 Å². The number of benzene rings is 1. The van der Waals surface area contributed by atoms with Crippen LogP contribution in [-0.2, 0) is 6.42 Å². The molecule has 4 atom stereocenters. The smallest absolute Gasteiger partial charge is 0.172 e. The molecule has 3 aliphatic heterocycles. The highest BCUT2D eigenvalue weighted by Gasteiger charge is 2.41. The third-order valence-electron chi connectivity index (χ3n) is 10.6. The molecule has 1 saturated carbocycles. The van der Waals surface area contributed by atoms with Crippen molar-refractivity contribution in [2.45, 2.75) is 122 Å². The highest BCUT2D eigenvalue weighted by Crippen LogP contribution is 2.31. The molecule has 1 aromatic carbocycles. The molecular formula is C36H59N5S2. The van der Waals surface area contributed by atoms with Gasteiger partial charge in [-0.05, 0) is 99.2 Å². The van der Waals surface area contributed by atoms with E-state index in [1.54, 1.807) is 0 Å². The van der Waals surface area contributed by atoms with Crippen molar-refractivity contribution in [2.75, 3.05) is 39.3 Å². The van der Waals surface area contributed by atoms with Gasteiger partial charge in [0.1, 0.15) is 0 Å². The molecule has 0 spiro atoms. The molecule has 4 aliphatic rings. The predicted molar refractivity (Wildman–Crippen MR) is 190 cm³/mol. The van der Waals surface area contributed by atoms with Crippen molar-refractivity contribution in [2.24, 2.45) is 17.8 Å². The molecule has 1 unspecified atom stereocenters. The van der Waals surface area contributed by atoms with E-state index >= 15 is 0 Å². The van der Waals surface area contributed by atoms with Crippen LogP contribution >= 0.6 is 24.4 Å². The second-order valence-corrected chi connectivity index (χ2v) is 15.7. The molecule has 1 N–H and O–H groups in total. The Labute approximate surface area is 274 Å². The molecule has 1 aromatic rings. The van der Waals surface area contributed by atoms with Crippen molar-refractivity contribution < 1.29 is 0 Å². The maximum atomic E-state index is 6.44. The zero-order valence-corrected chi connectivity index (χ0v) is 29.2. The Balaban J connectivity index is 1.31. The van der Waals surface area contributed by atoms with Crippen LogP contribution in [0.4, 0.5) is 0 Å². The van der Waals surface area contributed by atoms with Crippen LogP contribution in [0, 0.1) is 17.8 Å². The number of rotatable bonds is 13. The van der Waals surface area contributed by atoms with Crippen LogP contribution in [0.3, 0.4) is 0 Å². The standard InChI is InChI=1S/C36H59N5S2/c1-27(2)19-32-22-37-35(42)39(32)25-31-17-12-18-38(31)24-33(20-28(3)4)41-26-34(21-29-13-10-7-11-14-29)40(36(41)43)23-30-15-8-5-6-9-16-30/h7,10-11,13-14,27-28,30-34H,5-6,8-9,12,15-26H2,1-4H3,(H,37,42)/t31?,32-,33-,34-/m0/s1. The molecule has 5 nitrogen and oxygen atoms in total. The van der Waals surface area contributed by atoms with Crippen LogP contribution in [0.5, 0.6) is 0 Å². The average molecular weight is 626 g/mol. The van der Waals surface area contributed by atoms with Gasteiger partial charge in [-0.25, -0.2) is 0 Å². The Morgan fingerprint density at radius 2 is 1.56 bits per heavy atom. The van der Waals surface area contributed by atoms with Gasteiger partial charge in [0.15, 0.2) is 10.2 Å². The van der Waals surface area contributed by atoms with Crippen molar-refractivity contribution >= 4 is 34.7 Å². The maximum Gasteiger partial charge on any atom is 0.172 e. The number of nitrogens with one attached hydrogen (secondary N) is 1. The highest BCUT2D eigenvalue weighted by molar-refractivity contribution is 7.80. The van der Waals surface area contributed by atoms with Gasteiger partial charge >= 0.3 is 0 Å². The van der Waals surface area contributed by atoms with Crippen molar-refractivity contribution in [1.82, 2.24) is 24.9 Å². The molecule has 240 valence electrons. The summed E-state index contributed by atoms with van der Waals surface area (Å²) in [6.45, 7) is 16.0. The van der Waals surface area contributed by atoms with Crippen molar-refractivity contribution in [1.29, 1.82) is 0 Å². The third-order valence-corrected chi connectivity index (χ3v) is 11.4. The van der Waals surface area contributed by atoms with Gasteiger partial charge in [-0.2, -0.15) is 0 Å². The minimum Gasteiger partial charge on any atom is -0.360 e. The largest absolute Gasteiger partial charge is 0.360 e. The molecule has 3 heterocycles. The maximum absolute atomic E-state index is 6.44. The first kappa shape index (κ1) is 32.9. The van der Waals surface area contributed by atoms with Crippen LogP contribution < -0.4 is 5.32 Å². The fourth-order valence-electron chi connectivity index (χ4n) is 8.40. The average Bonchev–Trinajstić information content (AvgIpc) is 3.55. The fourth-order valence-corrected chi connectivity index (χ4v) is 9.15. The summed E-state index contributed by atoms with van der Waals surface area (Å²) < 4.78 is 0. The summed E-state index contributed by atoms with van der Waals surface area (Å²) in [5.74, 6) is 2.11. The Hall–Kier alpha value is -1.44. The van der Waals surface area contributed by atoms with Crippen LogP contribution in [-0.4, -0.2) is 93.3 Å². The van der Waals surface area contributed by atoms with Gasteiger partial charge in [-0.3, -0.25) is 4.90 Å². The normalized spacial score (nSPS) is 26.7. The summed E-state index contributed by atoms with van der Waals surface area (Å²) in [5.41, 5.74) is 1.44. The van der Waals surface area contributed by atoms with E-state index in [0.29, 0.717) is 36.0 Å². The lowest BCUT2D eigenvalue weighted by Crippen LogP contribution is -2.51. The summed E-state index contributed by atoms with van der Waals surface area (Å²) in [5, 5.41) is 5.61. The van der Waals surface area contributed by atoms with E-state index < -0.39 is 0 Å². The SMILES string of the molecule is CC(C)C[C@H]1CNC(=S)N1CC1CCCN1C[C@H](CC(C)C)N1C[C@H](Cc2ccccc2)N(CC2CCCCCC2)C1=S. The second-order valence-electron chi connectivity index (χ2n) is 15.0. The molecule has 5 rings (SSSR count).